The predicted molar refractivity (Wildman–Crippen MR) is 140 cm³/mol. The van der Waals surface area contributed by atoms with Crippen molar-refractivity contribution >= 4 is 17.2 Å². The molecule has 2 N–H and O–H groups in total. The van der Waals surface area contributed by atoms with E-state index in [2.05, 4.69) is 25.4 Å². The topological polar surface area (TPSA) is 109 Å². The van der Waals surface area contributed by atoms with E-state index >= 15 is 0 Å². The van der Waals surface area contributed by atoms with Gasteiger partial charge in [-0.1, -0.05) is 29.5 Å². The van der Waals surface area contributed by atoms with Crippen LogP contribution in [0.15, 0.2) is 71.5 Å². The first-order valence-electron chi connectivity index (χ1n) is 11.9. The molecule has 5 rings (SSSR count). The fourth-order valence-electron chi connectivity index (χ4n) is 4.37. The molecule has 1 saturated heterocycles. The zero-order chi connectivity index (χ0) is 25.8. The number of para-hydroxylation sites is 1. The Balaban J connectivity index is 1.19. The Bertz CT molecular complexity index is 1420. The van der Waals surface area contributed by atoms with Gasteiger partial charge in [0.05, 0.1) is 6.04 Å². The Hall–Kier alpha value is -4.02. The van der Waals surface area contributed by atoms with E-state index < -0.39 is 0 Å². The number of likely N-dealkylation sites (tertiary alicyclic amines) is 1. The highest BCUT2D eigenvalue weighted by Crippen LogP contribution is 2.27. The highest BCUT2D eigenvalue weighted by atomic mass is 32.1. The number of nitrogens with zero attached hydrogens (tertiary/aromatic N) is 3. The number of benzene rings is 2. The number of aryl methyl sites for hydroxylation is 1. The fraction of sp³-hybridized carbons (Fsp3) is 0.259. The Labute approximate surface area is 218 Å². The van der Waals surface area contributed by atoms with Crippen molar-refractivity contribution in [3.05, 3.63) is 98.2 Å². The van der Waals surface area contributed by atoms with Crippen molar-refractivity contribution in [3.63, 3.8) is 0 Å². The van der Waals surface area contributed by atoms with Crippen molar-refractivity contribution in [2.45, 2.75) is 25.5 Å². The lowest BCUT2D eigenvalue weighted by Crippen LogP contribution is -2.39. The largest absolute Gasteiger partial charge is 0.489 e. The van der Waals surface area contributed by atoms with Crippen LogP contribution in [0.4, 0.5) is 0 Å². The van der Waals surface area contributed by atoms with Gasteiger partial charge in [-0.3, -0.25) is 9.59 Å². The van der Waals surface area contributed by atoms with Gasteiger partial charge < -0.3 is 19.7 Å². The third kappa shape index (κ3) is 6.22. The van der Waals surface area contributed by atoms with E-state index in [0.29, 0.717) is 35.4 Å². The van der Waals surface area contributed by atoms with Gasteiger partial charge in [-0.15, -0.1) is 0 Å². The molecule has 0 radical (unpaired) electrons. The molecule has 0 saturated carbocycles. The minimum absolute atomic E-state index is 0.0277. The van der Waals surface area contributed by atoms with Crippen molar-refractivity contribution in [3.8, 4) is 17.4 Å². The van der Waals surface area contributed by atoms with Crippen molar-refractivity contribution < 1.29 is 14.3 Å². The van der Waals surface area contributed by atoms with Crippen LogP contribution < -0.4 is 19.7 Å². The molecular formula is C27H27N5O4S. The van der Waals surface area contributed by atoms with Crippen molar-refractivity contribution in [1.82, 2.24) is 25.4 Å². The summed E-state index contributed by atoms with van der Waals surface area (Å²) in [5.74, 6) is 1.68. The maximum atomic E-state index is 12.9. The number of rotatable bonds is 8. The molecule has 0 aliphatic carbocycles. The van der Waals surface area contributed by atoms with E-state index in [4.69, 9.17) is 9.47 Å². The van der Waals surface area contributed by atoms with E-state index in [-0.39, 0.29) is 22.7 Å². The summed E-state index contributed by atoms with van der Waals surface area (Å²) in [7, 11) is 1.99. The number of hydrogen-bond acceptors (Lipinski definition) is 8. The van der Waals surface area contributed by atoms with Crippen LogP contribution >= 0.6 is 11.3 Å². The van der Waals surface area contributed by atoms with Gasteiger partial charge in [-0.2, -0.15) is 5.10 Å². The van der Waals surface area contributed by atoms with Gasteiger partial charge >= 0.3 is 4.87 Å². The second kappa shape index (κ2) is 10.9. The summed E-state index contributed by atoms with van der Waals surface area (Å²) in [5.41, 5.74) is 2.29. The SMILES string of the molecule is Cc1cc(COc2ccc(C(=O)N[C@@H]3CN(C)C[C@@H]3c3n[nH]c(=O)s3)cc2)cc(Oc2ccccc2)n1. The summed E-state index contributed by atoms with van der Waals surface area (Å²) >= 11 is 1.09. The number of ether oxygens (including phenoxy) is 2. The van der Waals surface area contributed by atoms with Crippen LogP contribution in [0.5, 0.6) is 17.4 Å². The molecule has 10 heteroatoms. The van der Waals surface area contributed by atoms with E-state index in [0.717, 1.165) is 34.9 Å². The summed E-state index contributed by atoms with van der Waals surface area (Å²) in [5, 5.41) is 10.4. The molecular weight excluding hydrogens is 490 g/mol. The standard InChI is InChI=1S/C27H27N5O4S/c1-17-12-18(13-24(28-17)36-21-6-4-3-5-7-21)16-35-20-10-8-19(9-11-20)25(33)29-23-15-32(2)14-22(23)26-30-31-27(34)37-26/h3-13,22-23H,14-16H2,1-2H3,(H,29,33)(H,31,34)/t22-,23+/m0/s1. The molecule has 2 aromatic carbocycles. The van der Waals surface area contributed by atoms with Crippen molar-refractivity contribution in [2.75, 3.05) is 20.1 Å². The van der Waals surface area contributed by atoms with Gasteiger partial charge in [0.2, 0.25) is 5.88 Å². The summed E-state index contributed by atoms with van der Waals surface area (Å²) in [4.78, 5) is 30.8. The lowest BCUT2D eigenvalue weighted by atomic mass is 10.0. The third-order valence-corrected chi connectivity index (χ3v) is 6.95. The zero-order valence-corrected chi connectivity index (χ0v) is 21.3. The van der Waals surface area contributed by atoms with E-state index in [9.17, 15) is 9.59 Å². The number of carbonyl (C=O) groups excluding carboxylic acids is 1. The van der Waals surface area contributed by atoms with Gasteiger partial charge in [0, 0.05) is 36.3 Å². The smallest absolute Gasteiger partial charge is 0.322 e. The molecule has 3 heterocycles. The Morgan fingerprint density at radius 1 is 1.11 bits per heavy atom. The summed E-state index contributed by atoms with van der Waals surface area (Å²) in [6.07, 6.45) is 0. The molecule has 190 valence electrons. The maximum Gasteiger partial charge on any atom is 0.322 e. The Morgan fingerprint density at radius 3 is 2.62 bits per heavy atom. The molecule has 0 bridgehead atoms. The van der Waals surface area contributed by atoms with Crippen LogP contribution in [0, 0.1) is 6.92 Å². The molecule has 9 nitrogen and oxygen atoms in total. The summed E-state index contributed by atoms with van der Waals surface area (Å²) < 4.78 is 11.8. The predicted octanol–water partition coefficient (Wildman–Crippen LogP) is 3.73. The Morgan fingerprint density at radius 2 is 1.89 bits per heavy atom. The zero-order valence-electron chi connectivity index (χ0n) is 20.5. The molecule has 2 atom stereocenters. The average molecular weight is 518 g/mol. The van der Waals surface area contributed by atoms with Crippen LogP contribution in [0.1, 0.15) is 32.5 Å². The molecule has 0 unspecified atom stereocenters. The number of amides is 1. The minimum Gasteiger partial charge on any atom is -0.489 e. The fourth-order valence-corrected chi connectivity index (χ4v) is 5.13. The molecule has 1 fully saturated rings. The van der Waals surface area contributed by atoms with Crippen LogP contribution in [-0.2, 0) is 6.61 Å². The molecule has 4 aromatic rings. The normalized spacial score (nSPS) is 17.5. The third-order valence-electron chi connectivity index (χ3n) is 6.07. The van der Waals surface area contributed by atoms with Gasteiger partial charge in [-0.05, 0) is 62.0 Å². The molecule has 0 spiro atoms. The van der Waals surface area contributed by atoms with Gasteiger partial charge in [0.25, 0.3) is 5.91 Å². The van der Waals surface area contributed by atoms with E-state index in [1.807, 2.05) is 56.4 Å². The second-order valence-corrected chi connectivity index (χ2v) is 10.0. The molecule has 1 amide bonds. The number of nitrogens with one attached hydrogen (secondary N) is 2. The average Bonchev–Trinajstić information content (AvgIpc) is 3.48. The first-order valence-corrected chi connectivity index (χ1v) is 12.7. The number of hydrogen-bond donors (Lipinski definition) is 2. The molecule has 37 heavy (non-hydrogen) atoms. The van der Waals surface area contributed by atoms with Crippen LogP contribution in [-0.4, -0.2) is 52.2 Å². The van der Waals surface area contributed by atoms with Gasteiger partial charge in [0.1, 0.15) is 23.1 Å². The number of aromatic nitrogens is 3. The maximum absolute atomic E-state index is 12.9. The number of likely N-dealkylation sites (N-methyl/N-ethyl adjacent to an activating group) is 1. The van der Waals surface area contributed by atoms with Crippen LogP contribution in [0.25, 0.3) is 0 Å². The van der Waals surface area contributed by atoms with Crippen molar-refractivity contribution in [1.29, 1.82) is 0 Å². The van der Waals surface area contributed by atoms with Crippen molar-refractivity contribution in [2.24, 2.45) is 0 Å². The van der Waals surface area contributed by atoms with Crippen LogP contribution in [0.3, 0.4) is 0 Å². The van der Waals surface area contributed by atoms with Gasteiger partial charge in [0.15, 0.2) is 0 Å². The first kappa shape index (κ1) is 24.7. The lowest BCUT2D eigenvalue weighted by molar-refractivity contribution is 0.0935. The van der Waals surface area contributed by atoms with Gasteiger partial charge in [-0.25, -0.2) is 10.1 Å². The first-order chi connectivity index (χ1) is 17.9. The summed E-state index contributed by atoms with van der Waals surface area (Å²) in [6, 6.07) is 20.2. The molecule has 1 aliphatic heterocycles. The lowest BCUT2D eigenvalue weighted by Gasteiger charge is -2.18. The van der Waals surface area contributed by atoms with Crippen LogP contribution in [0.2, 0.25) is 0 Å². The number of H-pyrrole nitrogens is 1. The monoisotopic (exact) mass is 517 g/mol. The number of carbonyl (C=O) groups is 1. The molecule has 1 aliphatic rings. The van der Waals surface area contributed by atoms with E-state index in [1.54, 1.807) is 24.3 Å². The number of pyridine rings is 1. The minimum atomic E-state index is -0.188. The molecule has 2 aromatic heterocycles. The number of aromatic amines is 1. The quantitative estimate of drug-likeness (QED) is 0.367. The Kier molecular flexibility index (Phi) is 7.29. The van der Waals surface area contributed by atoms with E-state index in [1.165, 1.54) is 0 Å². The second-order valence-electron chi connectivity index (χ2n) is 9.04. The highest BCUT2D eigenvalue weighted by Gasteiger charge is 2.35. The highest BCUT2D eigenvalue weighted by molar-refractivity contribution is 7.08. The summed E-state index contributed by atoms with van der Waals surface area (Å²) in [6.45, 7) is 3.66.